The standard InChI is InChI=1S/C19H21N3O6S/c1-2-29(26,27)21-12-10-20(11-13-21)19(23)17-14-15(22(24)25)8-9-18(17)28-16-6-4-3-5-7-16/h3-9,14H,2,10-13H2,1H3. The van der Waals surface area contributed by atoms with Crippen molar-refractivity contribution in [3.63, 3.8) is 0 Å². The molecule has 10 heteroatoms. The number of carbonyl (C=O) groups is 1. The molecule has 2 aromatic rings. The first-order chi connectivity index (χ1) is 13.8. The Morgan fingerprint density at radius 1 is 1.10 bits per heavy atom. The predicted octanol–water partition coefficient (Wildman–Crippen LogP) is 2.49. The minimum Gasteiger partial charge on any atom is -0.457 e. The second-order valence-electron chi connectivity index (χ2n) is 6.44. The van der Waals surface area contributed by atoms with Crippen LogP contribution in [0.4, 0.5) is 5.69 Å². The molecular formula is C19H21N3O6S. The summed E-state index contributed by atoms with van der Waals surface area (Å²) in [5.41, 5.74) is -0.157. The number of carbonyl (C=O) groups excluding carboxylic acids is 1. The van der Waals surface area contributed by atoms with Crippen molar-refractivity contribution in [3.05, 3.63) is 64.2 Å². The molecule has 9 nitrogen and oxygen atoms in total. The van der Waals surface area contributed by atoms with Gasteiger partial charge in [-0.1, -0.05) is 18.2 Å². The quantitative estimate of drug-likeness (QED) is 0.526. The zero-order valence-corrected chi connectivity index (χ0v) is 16.7. The summed E-state index contributed by atoms with van der Waals surface area (Å²) in [6.45, 7) is 2.34. The molecule has 1 amide bonds. The van der Waals surface area contributed by atoms with E-state index in [1.54, 1.807) is 31.2 Å². The summed E-state index contributed by atoms with van der Waals surface area (Å²) in [5, 5.41) is 11.2. The Bertz CT molecular complexity index is 1000. The van der Waals surface area contributed by atoms with Gasteiger partial charge in [-0.05, 0) is 25.1 Å². The Hall–Kier alpha value is -2.98. The van der Waals surface area contributed by atoms with Gasteiger partial charge in [0.2, 0.25) is 10.0 Å². The molecule has 0 aliphatic carbocycles. The fraction of sp³-hybridized carbons (Fsp3) is 0.316. The van der Waals surface area contributed by atoms with Gasteiger partial charge < -0.3 is 9.64 Å². The molecule has 1 fully saturated rings. The lowest BCUT2D eigenvalue weighted by Gasteiger charge is -2.34. The lowest BCUT2D eigenvalue weighted by atomic mass is 10.1. The zero-order chi connectivity index (χ0) is 21.0. The molecule has 1 heterocycles. The highest BCUT2D eigenvalue weighted by Crippen LogP contribution is 2.30. The first-order valence-electron chi connectivity index (χ1n) is 9.10. The molecule has 1 saturated heterocycles. The van der Waals surface area contributed by atoms with Gasteiger partial charge in [0.05, 0.1) is 16.2 Å². The highest BCUT2D eigenvalue weighted by Gasteiger charge is 2.30. The molecule has 1 aliphatic heterocycles. The molecule has 0 unspecified atom stereocenters. The van der Waals surface area contributed by atoms with Gasteiger partial charge in [0, 0.05) is 38.3 Å². The van der Waals surface area contributed by atoms with Gasteiger partial charge in [0.25, 0.3) is 11.6 Å². The number of nitro benzene ring substituents is 1. The molecule has 1 aliphatic rings. The van der Waals surface area contributed by atoms with E-state index in [0.717, 1.165) is 0 Å². The lowest BCUT2D eigenvalue weighted by Crippen LogP contribution is -2.50. The maximum absolute atomic E-state index is 13.1. The molecule has 3 rings (SSSR count). The molecule has 29 heavy (non-hydrogen) atoms. The number of nitro groups is 1. The number of amides is 1. The van der Waals surface area contributed by atoms with Gasteiger partial charge in [0.1, 0.15) is 11.5 Å². The summed E-state index contributed by atoms with van der Waals surface area (Å²) in [6.07, 6.45) is 0. The molecule has 0 saturated carbocycles. The average Bonchev–Trinajstić information content (AvgIpc) is 2.74. The maximum atomic E-state index is 13.1. The number of benzene rings is 2. The lowest BCUT2D eigenvalue weighted by molar-refractivity contribution is -0.384. The van der Waals surface area contributed by atoms with Crippen LogP contribution in [0.3, 0.4) is 0 Å². The number of non-ortho nitro benzene ring substituents is 1. The fourth-order valence-corrected chi connectivity index (χ4v) is 4.11. The Kier molecular flexibility index (Phi) is 6.14. The summed E-state index contributed by atoms with van der Waals surface area (Å²) in [4.78, 5) is 25.2. The van der Waals surface area contributed by atoms with Crippen LogP contribution in [0, 0.1) is 10.1 Å². The Labute approximate surface area is 168 Å². The molecule has 0 atom stereocenters. The van der Waals surface area contributed by atoms with Crippen LogP contribution in [-0.4, -0.2) is 60.4 Å². The van der Waals surface area contributed by atoms with Crippen LogP contribution in [0.25, 0.3) is 0 Å². The molecule has 0 aromatic heterocycles. The number of hydrogen-bond donors (Lipinski definition) is 0. The highest BCUT2D eigenvalue weighted by atomic mass is 32.2. The van der Waals surface area contributed by atoms with Crippen molar-refractivity contribution >= 4 is 21.6 Å². The molecular weight excluding hydrogens is 398 g/mol. The van der Waals surface area contributed by atoms with Gasteiger partial charge in [-0.3, -0.25) is 14.9 Å². The highest BCUT2D eigenvalue weighted by molar-refractivity contribution is 7.89. The van der Waals surface area contributed by atoms with Gasteiger partial charge in [0.15, 0.2) is 0 Å². The molecule has 0 spiro atoms. The first kappa shape index (κ1) is 20.7. The van der Waals surface area contributed by atoms with E-state index in [9.17, 15) is 23.3 Å². The number of hydrogen-bond acceptors (Lipinski definition) is 6. The smallest absolute Gasteiger partial charge is 0.270 e. The Morgan fingerprint density at radius 2 is 1.76 bits per heavy atom. The van der Waals surface area contributed by atoms with Crippen molar-refractivity contribution in [2.24, 2.45) is 0 Å². The molecule has 0 bridgehead atoms. The van der Waals surface area contributed by atoms with Crippen LogP contribution in [0.5, 0.6) is 11.5 Å². The van der Waals surface area contributed by atoms with E-state index < -0.39 is 20.9 Å². The number of ether oxygens (including phenoxy) is 1. The van der Waals surface area contributed by atoms with Crippen LogP contribution < -0.4 is 4.74 Å². The second kappa shape index (κ2) is 8.58. The number of sulfonamides is 1. The van der Waals surface area contributed by atoms with Crippen LogP contribution in [0.2, 0.25) is 0 Å². The predicted molar refractivity (Wildman–Crippen MR) is 107 cm³/mol. The molecule has 154 valence electrons. The van der Waals surface area contributed by atoms with E-state index in [0.29, 0.717) is 5.75 Å². The normalized spacial score (nSPS) is 15.1. The number of piperazine rings is 1. The fourth-order valence-electron chi connectivity index (χ4n) is 3.03. The van der Waals surface area contributed by atoms with E-state index in [-0.39, 0.29) is 48.9 Å². The monoisotopic (exact) mass is 419 g/mol. The van der Waals surface area contributed by atoms with Gasteiger partial charge >= 0.3 is 0 Å². The van der Waals surface area contributed by atoms with E-state index in [4.69, 9.17) is 4.74 Å². The van der Waals surface area contributed by atoms with Gasteiger partial charge in [-0.25, -0.2) is 8.42 Å². The van der Waals surface area contributed by atoms with Crippen LogP contribution in [0.15, 0.2) is 48.5 Å². The summed E-state index contributed by atoms with van der Waals surface area (Å²) < 4.78 is 31.1. The summed E-state index contributed by atoms with van der Waals surface area (Å²) in [7, 11) is -3.32. The van der Waals surface area contributed by atoms with Crippen LogP contribution in [0.1, 0.15) is 17.3 Å². The van der Waals surface area contributed by atoms with Crippen LogP contribution in [-0.2, 0) is 10.0 Å². The zero-order valence-electron chi connectivity index (χ0n) is 15.9. The third-order valence-electron chi connectivity index (χ3n) is 4.66. The maximum Gasteiger partial charge on any atom is 0.270 e. The van der Waals surface area contributed by atoms with Crippen molar-refractivity contribution in [2.75, 3.05) is 31.9 Å². The summed E-state index contributed by atoms with van der Waals surface area (Å²) in [6, 6.07) is 12.7. The van der Waals surface area contributed by atoms with Crippen molar-refractivity contribution in [2.45, 2.75) is 6.92 Å². The van der Waals surface area contributed by atoms with Crippen molar-refractivity contribution in [3.8, 4) is 11.5 Å². The first-order valence-corrected chi connectivity index (χ1v) is 10.7. The van der Waals surface area contributed by atoms with E-state index in [1.165, 1.54) is 27.4 Å². The summed E-state index contributed by atoms with van der Waals surface area (Å²) in [5.74, 6) is 0.263. The Morgan fingerprint density at radius 3 is 2.34 bits per heavy atom. The van der Waals surface area contributed by atoms with Gasteiger partial charge in [-0.2, -0.15) is 4.31 Å². The van der Waals surface area contributed by atoms with Gasteiger partial charge in [-0.15, -0.1) is 0 Å². The third kappa shape index (κ3) is 4.72. The van der Waals surface area contributed by atoms with Crippen molar-refractivity contribution in [1.29, 1.82) is 0 Å². The van der Waals surface area contributed by atoms with E-state index in [2.05, 4.69) is 0 Å². The second-order valence-corrected chi connectivity index (χ2v) is 8.70. The largest absolute Gasteiger partial charge is 0.457 e. The molecule has 0 radical (unpaired) electrons. The average molecular weight is 419 g/mol. The van der Waals surface area contributed by atoms with Crippen molar-refractivity contribution in [1.82, 2.24) is 9.21 Å². The van der Waals surface area contributed by atoms with E-state index in [1.807, 2.05) is 6.07 Å². The third-order valence-corrected chi connectivity index (χ3v) is 6.54. The van der Waals surface area contributed by atoms with E-state index >= 15 is 0 Å². The minimum atomic E-state index is -3.32. The Balaban J connectivity index is 1.85. The topological polar surface area (TPSA) is 110 Å². The van der Waals surface area contributed by atoms with Crippen LogP contribution >= 0.6 is 0 Å². The molecule has 2 aromatic carbocycles. The number of para-hydroxylation sites is 1. The number of rotatable bonds is 6. The SMILES string of the molecule is CCS(=O)(=O)N1CCN(C(=O)c2cc([N+](=O)[O-])ccc2Oc2ccccc2)CC1. The minimum absolute atomic E-state index is 0.000883. The van der Waals surface area contributed by atoms with Crippen molar-refractivity contribution < 1.29 is 22.9 Å². The molecule has 0 N–H and O–H groups in total. The number of nitrogens with zero attached hydrogens (tertiary/aromatic N) is 3. The summed E-state index contributed by atoms with van der Waals surface area (Å²) >= 11 is 0.